The average molecular weight is 216 g/mol. The fraction of sp³-hybridized carbons (Fsp3) is 0.167. The van der Waals surface area contributed by atoms with E-state index in [0.29, 0.717) is 0 Å². The summed E-state index contributed by atoms with van der Waals surface area (Å²) in [5.74, 6) is -0.0655. The maximum Gasteiger partial charge on any atom is 0.293 e. The van der Waals surface area contributed by atoms with Gasteiger partial charge in [0.15, 0.2) is 6.39 Å². The van der Waals surface area contributed by atoms with Crippen molar-refractivity contribution >= 4 is 11.6 Å². The van der Waals surface area contributed by atoms with Crippen LogP contribution in [0.4, 0.5) is 5.69 Å². The van der Waals surface area contributed by atoms with Crippen LogP contribution in [0.3, 0.4) is 0 Å². The molecule has 0 saturated heterocycles. The van der Waals surface area contributed by atoms with Gasteiger partial charge >= 0.3 is 0 Å². The van der Waals surface area contributed by atoms with E-state index in [1.807, 2.05) is 31.2 Å². The van der Waals surface area contributed by atoms with Crippen LogP contribution in [0.15, 0.2) is 41.3 Å². The number of benzene rings is 1. The van der Waals surface area contributed by atoms with Crippen molar-refractivity contribution in [3.05, 3.63) is 48.2 Å². The first kappa shape index (κ1) is 10.4. The average Bonchev–Trinajstić information content (AvgIpc) is 2.83. The third-order valence-corrected chi connectivity index (χ3v) is 2.30. The lowest BCUT2D eigenvalue weighted by Gasteiger charge is -2.07. The molecule has 2 aromatic rings. The molecule has 1 heterocycles. The fourth-order valence-electron chi connectivity index (χ4n) is 1.46. The highest BCUT2D eigenvalue weighted by Crippen LogP contribution is 2.16. The third kappa shape index (κ3) is 2.11. The van der Waals surface area contributed by atoms with Crippen LogP contribution < -0.4 is 5.32 Å². The van der Waals surface area contributed by atoms with Gasteiger partial charge in [-0.05, 0) is 18.1 Å². The Bertz CT molecular complexity index is 478. The van der Waals surface area contributed by atoms with Gasteiger partial charge in [0.25, 0.3) is 5.91 Å². The number of hydrogen-bond donors (Lipinski definition) is 1. The van der Waals surface area contributed by atoms with Crippen LogP contribution in [0, 0.1) is 0 Å². The minimum atomic E-state index is -0.279. The molecule has 0 bridgehead atoms. The quantitative estimate of drug-likeness (QED) is 0.857. The van der Waals surface area contributed by atoms with E-state index in [2.05, 4.69) is 10.3 Å². The van der Waals surface area contributed by atoms with Crippen molar-refractivity contribution in [2.24, 2.45) is 0 Å². The molecule has 1 aromatic heterocycles. The molecule has 1 amide bonds. The number of anilines is 1. The van der Waals surface area contributed by atoms with E-state index in [1.165, 1.54) is 12.6 Å². The van der Waals surface area contributed by atoms with Gasteiger partial charge in [-0.15, -0.1) is 0 Å². The van der Waals surface area contributed by atoms with Crippen LogP contribution in [0.2, 0.25) is 0 Å². The second kappa shape index (κ2) is 4.61. The number of hydrogen-bond acceptors (Lipinski definition) is 3. The first-order valence-corrected chi connectivity index (χ1v) is 5.09. The zero-order valence-corrected chi connectivity index (χ0v) is 8.93. The molecule has 2 rings (SSSR count). The molecule has 4 nitrogen and oxygen atoms in total. The second-order valence-electron chi connectivity index (χ2n) is 3.33. The van der Waals surface area contributed by atoms with Gasteiger partial charge in [0.1, 0.15) is 0 Å². The van der Waals surface area contributed by atoms with E-state index < -0.39 is 0 Å². The highest BCUT2D eigenvalue weighted by Gasteiger charge is 2.10. The SMILES string of the molecule is CCc1ccccc1NC(=O)c1cnco1. The van der Waals surface area contributed by atoms with Crippen molar-refractivity contribution in [2.45, 2.75) is 13.3 Å². The van der Waals surface area contributed by atoms with Gasteiger partial charge < -0.3 is 9.73 Å². The van der Waals surface area contributed by atoms with Crippen molar-refractivity contribution in [3.8, 4) is 0 Å². The monoisotopic (exact) mass is 216 g/mol. The number of oxazole rings is 1. The Morgan fingerprint density at radius 3 is 2.94 bits per heavy atom. The van der Waals surface area contributed by atoms with Crippen molar-refractivity contribution in [3.63, 3.8) is 0 Å². The minimum Gasteiger partial charge on any atom is -0.438 e. The molecular formula is C12H12N2O2. The van der Waals surface area contributed by atoms with E-state index in [9.17, 15) is 4.79 Å². The van der Waals surface area contributed by atoms with E-state index in [4.69, 9.17) is 4.42 Å². The Balaban J connectivity index is 2.18. The van der Waals surface area contributed by atoms with Crippen LogP contribution in [0.1, 0.15) is 23.0 Å². The summed E-state index contributed by atoms with van der Waals surface area (Å²) >= 11 is 0. The number of nitrogens with zero attached hydrogens (tertiary/aromatic N) is 1. The van der Waals surface area contributed by atoms with Crippen molar-refractivity contribution in [1.82, 2.24) is 4.98 Å². The van der Waals surface area contributed by atoms with Crippen molar-refractivity contribution in [2.75, 3.05) is 5.32 Å². The van der Waals surface area contributed by atoms with Crippen LogP contribution in [-0.2, 0) is 6.42 Å². The van der Waals surface area contributed by atoms with E-state index in [0.717, 1.165) is 17.7 Å². The highest BCUT2D eigenvalue weighted by atomic mass is 16.3. The molecule has 0 aliphatic rings. The molecule has 0 fully saturated rings. The summed E-state index contributed by atoms with van der Waals surface area (Å²) in [7, 11) is 0. The van der Waals surface area contributed by atoms with Crippen molar-refractivity contribution in [1.29, 1.82) is 0 Å². The van der Waals surface area contributed by atoms with Gasteiger partial charge in [-0.3, -0.25) is 4.79 Å². The Hall–Kier alpha value is -2.10. The summed E-state index contributed by atoms with van der Waals surface area (Å²) in [6.07, 6.45) is 3.50. The number of para-hydroxylation sites is 1. The van der Waals surface area contributed by atoms with E-state index in [-0.39, 0.29) is 11.7 Å². The normalized spacial score (nSPS) is 10.1. The summed E-state index contributed by atoms with van der Waals surface area (Å²) in [6.45, 7) is 2.04. The fourth-order valence-corrected chi connectivity index (χ4v) is 1.46. The first-order valence-electron chi connectivity index (χ1n) is 5.09. The van der Waals surface area contributed by atoms with Gasteiger partial charge in [-0.25, -0.2) is 4.98 Å². The molecule has 0 spiro atoms. The summed E-state index contributed by atoms with van der Waals surface area (Å²) < 4.78 is 4.92. The molecule has 0 aliphatic carbocycles. The van der Waals surface area contributed by atoms with Gasteiger partial charge in [-0.1, -0.05) is 25.1 Å². The van der Waals surface area contributed by atoms with Crippen LogP contribution in [-0.4, -0.2) is 10.9 Å². The minimum absolute atomic E-state index is 0.214. The zero-order valence-electron chi connectivity index (χ0n) is 8.93. The molecule has 82 valence electrons. The lowest BCUT2D eigenvalue weighted by molar-refractivity contribution is 0.0996. The molecule has 1 N–H and O–H groups in total. The summed E-state index contributed by atoms with van der Waals surface area (Å²) in [6, 6.07) is 7.68. The number of carbonyl (C=O) groups excluding carboxylic acids is 1. The Kier molecular flexibility index (Phi) is 3.00. The Morgan fingerprint density at radius 2 is 2.25 bits per heavy atom. The maximum absolute atomic E-state index is 11.7. The molecule has 0 aliphatic heterocycles. The molecular weight excluding hydrogens is 204 g/mol. The van der Waals surface area contributed by atoms with Gasteiger partial charge in [0.2, 0.25) is 5.76 Å². The summed E-state index contributed by atoms with van der Waals surface area (Å²) in [4.78, 5) is 15.4. The van der Waals surface area contributed by atoms with E-state index in [1.54, 1.807) is 0 Å². The van der Waals surface area contributed by atoms with Gasteiger partial charge in [-0.2, -0.15) is 0 Å². The summed E-state index contributed by atoms with van der Waals surface area (Å²) in [5.41, 5.74) is 1.90. The third-order valence-electron chi connectivity index (χ3n) is 2.30. The predicted octanol–water partition coefficient (Wildman–Crippen LogP) is 2.49. The van der Waals surface area contributed by atoms with Crippen molar-refractivity contribution < 1.29 is 9.21 Å². The molecule has 0 atom stereocenters. The number of aromatic nitrogens is 1. The molecule has 0 saturated carbocycles. The number of carbonyl (C=O) groups is 1. The highest BCUT2D eigenvalue weighted by molar-refractivity contribution is 6.02. The van der Waals surface area contributed by atoms with Crippen LogP contribution >= 0.6 is 0 Å². The largest absolute Gasteiger partial charge is 0.438 e. The number of aryl methyl sites for hydroxylation is 1. The van der Waals surface area contributed by atoms with Gasteiger partial charge in [0.05, 0.1) is 6.20 Å². The second-order valence-corrected chi connectivity index (χ2v) is 3.33. The zero-order chi connectivity index (χ0) is 11.4. The van der Waals surface area contributed by atoms with E-state index >= 15 is 0 Å². The van der Waals surface area contributed by atoms with Crippen LogP contribution in [0.25, 0.3) is 0 Å². The Morgan fingerprint density at radius 1 is 1.44 bits per heavy atom. The number of amides is 1. The topological polar surface area (TPSA) is 55.1 Å². The Labute approximate surface area is 93.3 Å². The molecule has 16 heavy (non-hydrogen) atoms. The molecule has 4 heteroatoms. The maximum atomic E-state index is 11.7. The lowest BCUT2D eigenvalue weighted by atomic mass is 10.1. The number of nitrogens with one attached hydrogen (secondary N) is 1. The smallest absolute Gasteiger partial charge is 0.293 e. The molecule has 0 unspecified atom stereocenters. The molecule has 1 aromatic carbocycles. The predicted molar refractivity (Wildman–Crippen MR) is 60.3 cm³/mol. The standard InChI is InChI=1S/C12H12N2O2/c1-2-9-5-3-4-6-10(9)14-12(15)11-7-13-8-16-11/h3-8H,2H2,1H3,(H,14,15). The van der Waals surface area contributed by atoms with Gasteiger partial charge in [0, 0.05) is 5.69 Å². The lowest BCUT2D eigenvalue weighted by Crippen LogP contribution is -2.12. The number of rotatable bonds is 3. The molecule has 0 radical (unpaired) electrons. The van der Waals surface area contributed by atoms with Crippen LogP contribution in [0.5, 0.6) is 0 Å². The summed E-state index contributed by atoms with van der Waals surface area (Å²) in [5, 5.41) is 2.79. The first-order chi connectivity index (χ1) is 7.81.